The second-order valence-electron chi connectivity index (χ2n) is 3.13. The van der Waals surface area contributed by atoms with Crippen LogP contribution in [0.3, 0.4) is 0 Å². The van der Waals surface area contributed by atoms with Crippen molar-refractivity contribution in [1.82, 2.24) is 0 Å². The van der Waals surface area contributed by atoms with Gasteiger partial charge in [0.05, 0.1) is 17.9 Å². The zero-order chi connectivity index (χ0) is 12.7. The van der Waals surface area contributed by atoms with Gasteiger partial charge in [-0.25, -0.2) is 9.00 Å². The minimum atomic E-state index is -1.52. The van der Waals surface area contributed by atoms with Crippen LogP contribution in [0.25, 0.3) is 0 Å². The van der Waals surface area contributed by atoms with E-state index in [9.17, 15) is 9.00 Å². The Bertz CT molecular complexity index is 461. The highest BCUT2D eigenvalue weighted by Gasteiger charge is 2.17. The van der Waals surface area contributed by atoms with Gasteiger partial charge in [-0.3, -0.25) is 0 Å². The van der Waals surface area contributed by atoms with Crippen LogP contribution >= 0.6 is 0 Å². The number of esters is 1. The molecule has 3 nitrogen and oxygen atoms in total. The summed E-state index contributed by atoms with van der Waals surface area (Å²) in [6.07, 6.45) is 4.92. The highest BCUT2D eigenvalue weighted by molar-refractivity contribution is 7.90. The summed E-state index contributed by atoms with van der Waals surface area (Å²) in [5.74, 6) is -0.578. The molecule has 1 aromatic carbocycles. The third-order valence-electron chi connectivity index (χ3n) is 1.98. The number of hydrogen-bond donors (Lipinski definition) is 0. The largest absolute Gasteiger partial charge is 0.465 e. The smallest absolute Gasteiger partial charge is 0.347 e. The highest BCUT2D eigenvalue weighted by Crippen LogP contribution is 2.15. The van der Waals surface area contributed by atoms with Crippen LogP contribution in [0.5, 0.6) is 0 Å². The van der Waals surface area contributed by atoms with E-state index in [1.54, 1.807) is 36.4 Å². The molecule has 0 aliphatic rings. The summed E-state index contributed by atoms with van der Waals surface area (Å²) in [7, 11) is -0.245. The lowest BCUT2D eigenvalue weighted by molar-refractivity contribution is -0.135. The van der Waals surface area contributed by atoms with Gasteiger partial charge in [0.15, 0.2) is 0 Å². The minimum Gasteiger partial charge on any atom is -0.465 e. The number of hydrogen-bond acceptors (Lipinski definition) is 3. The Hall–Kier alpha value is -1.68. The maximum Gasteiger partial charge on any atom is 0.347 e. The summed E-state index contributed by atoms with van der Waals surface area (Å²) < 4.78 is 16.8. The van der Waals surface area contributed by atoms with Crippen molar-refractivity contribution in [2.24, 2.45) is 0 Å². The zero-order valence-corrected chi connectivity index (χ0v) is 10.6. The Balaban J connectivity index is 3.08. The summed E-state index contributed by atoms with van der Waals surface area (Å²) in [5.41, 5.74) is 0. The van der Waals surface area contributed by atoms with Crippen LogP contribution in [0.4, 0.5) is 0 Å². The Labute approximate surface area is 103 Å². The van der Waals surface area contributed by atoms with E-state index in [0.29, 0.717) is 4.90 Å². The molecule has 0 saturated heterocycles. The molecule has 0 bridgehead atoms. The summed E-state index contributed by atoms with van der Waals surface area (Å²) in [5, 5.41) is 0. The van der Waals surface area contributed by atoms with Gasteiger partial charge in [-0.1, -0.05) is 30.4 Å². The van der Waals surface area contributed by atoms with Gasteiger partial charge < -0.3 is 4.74 Å². The topological polar surface area (TPSA) is 43.4 Å². The highest BCUT2D eigenvalue weighted by atomic mass is 32.2. The molecule has 90 valence electrons. The first-order chi connectivity index (χ1) is 8.20. The van der Waals surface area contributed by atoms with Gasteiger partial charge in [-0.2, -0.15) is 0 Å². The van der Waals surface area contributed by atoms with E-state index < -0.39 is 16.8 Å². The Morgan fingerprint density at radius 3 is 2.47 bits per heavy atom. The molecular formula is C13H14O3S. The third kappa shape index (κ3) is 3.67. The van der Waals surface area contributed by atoms with Gasteiger partial charge in [0.1, 0.15) is 4.91 Å². The van der Waals surface area contributed by atoms with Crippen LogP contribution in [-0.2, 0) is 20.3 Å². The van der Waals surface area contributed by atoms with E-state index in [1.165, 1.54) is 13.2 Å². The number of allylic oxidation sites excluding steroid dienone is 3. The van der Waals surface area contributed by atoms with Gasteiger partial charge in [0.2, 0.25) is 0 Å². The molecule has 0 aliphatic carbocycles. The number of carbonyl (C=O) groups is 1. The quantitative estimate of drug-likeness (QED) is 0.468. The van der Waals surface area contributed by atoms with E-state index in [0.717, 1.165) is 0 Å². The first-order valence-corrected chi connectivity index (χ1v) is 6.23. The maximum absolute atomic E-state index is 12.2. The van der Waals surface area contributed by atoms with Gasteiger partial charge in [-0.15, -0.1) is 0 Å². The molecule has 0 fully saturated rings. The summed E-state index contributed by atoms with van der Waals surface area (Å²) >= 11 is 0. The third-order valence-corrected chi connectivity index (χ3v) is 3.39. The van der Waals surface area contributed by atoms with Gasteiger partial charge in [0, 0.05) is 4.90 Å². The summed E-state index contributed by atoms with van der Waals surface area (Å²) in [6.45, 7) is 1.82. The molecule has 1 aromatic rings. The lowest BCUT2D eigenvalue weighted by Crippen LogP contribution is -2.10. The Morgan fingerprint density at radius 2 is 1.94 bits per heavy atom. The molecule has 0 saturated carbocycles. The molecule has 1 atom stereocenters. The van der Waals surface area contributed by atoms with Crippen LogP contribution in [0.2, 0.25) is 0 Å². The molecule has 17 heavy (non-hydrogen) atoms. The lowest BCUT2D eigenvalue weighted by Gasteiger charge is -2.04. The maximum atomic E-state index is 12.2. The minimum absolute atomic E-state index is 0.136. The standard InChI is InChI=1S/C13H14O3S/c1-3-4-10-12(13(14)16-2)17(15)11-8-6-5-7-9-11/h3-10H,1-2H3/b4-3+,12-10+. The monoisotopic (exact) mass is 250 g/mol. The average molecular weight is 250 g/mol. The van der Waals surface area contributed by atoms with Crippen molar-refractivity contribution >= 4 is 16.8 Å². The molecule has 1 unspecified atom stereocenters. The fourth-order valence-corrected chi connectivity index (χ4v) is 2.26. The molecule has 0 heterocycles. The molecule has 0 aliphatic heterocycles. The van der Waals surface area contributed by atoms with Gasteiger partial charge in [0.25, 0.3) is 0 Å². The molecule has 0 aromatic heterocycles. The SMILES string of the molecule is C/C=C/C=C(\C(=O)OC)S(=O)c1ccccc1. The fourth-order valence-electron chi connectivity index (χ4n) is 1.16. The number of benzene rings is 1. The molecule has 0 spiro atoms. The van der Waals surface area contributed by atoms with Crippen molar-refractivity contribution < 1.29 is 13.7 Å². The van der Waals surface area contributed by atoms with E-state index in [-0.39, 0.29) is 4.91 Å². The van der Waals surface area contributed by atoms with Crippen LogP contribution in [0.1, 0.15) is 6.92 Å². The molecule has 0 radical (unpaired) electrons. The number of ether oxygens (including phenoxy) is 1. The Morgan fingerprint density at radius 1 is 1.29 bits per heavy atom. The van der Waals surface area contributed by atoms with E-state index in [1.807, 2.05) is 13.0 Å². The fraction of sp³-hybridized carbons (Fsp3) is 0.154. The van der Waals surface area contributed by atoms with E-state index in [4.69, 9.17) is 0 Å². The molecular weight excluding hydrogens is 236 g/mol. The normalized spacial score (nSPS) is 13.6. The molecule has 0 N–H and O–H groups in total. The Kier molecular flexibility index (Phi) is 5.36. The van der Waals surface area contributed by atoms with Gasteiger partial charge >= 0.3 is 5.97 Å². The number of methoxy groups -OCH3 is 1. The zero-order valence-electron chi connectivity index (χ0n) is 9.75. The van der Waals surface area contributed by atoms with Crippen molar-refractivity contribution in [2.75, 3.05) is 7.11 Å². The van der Waals surface area contributed by atoms with E-state index >= 15 is 0 Å². The summed E-state index contributed by atoms with van der Waals surface area (Å²) in [6, 6.07) is 8.80. The average Bonchev–Trinajstić information content (AvgIpc) is 2.39. The molecule has 0 amide bonds. The molecule has 1 rings (SSSR count). The predicted molar refractivity (Wildman–Crippen MR) is 67.8 cm³/mol. The first-order valence-electron chi connectivity index (χ1n) is 5.08. The van der Waals surface area contributed by atoms with Crippen molar-refractivity contribution in [3.8, 4) is 0 Å². The number of carbonyl (C=O) groups excluding carboxylic acids is 1. The van der Waals surface area contributed by atoms with Crippen LogP contribution in [0.15, 0.2) is 58.4 Å². The van der Waals surface area contributed by atoms with Crippen LogP contribution < -0.4 is 0 Å². The molecule has 4 heteroatoms. The number of rotatable bonds is 4. The van der Waals surface area contributed by atoms with Crippen molar-refractivity contribution in [3.63, 3.8) is 0 Å². The van der Waals surface area contributed by atoms with Crippen molar-refractivity contribution in [1.29, 1.82) is 0 Å². The lowest BCUT2D eigenvalue weighted by atomic mass is 10.4. The van der Waals surface area contributed by atoms with E-state index in [2.05, 4.69) is 4.74 Å². The van der Waals surface area contributed by atoms with Crippen molar-refractivity contribution in [3.05, 3.63) is 53.5 Å². The summed E-state index contributed by atoms with van der Waals surface area (Å²) in [4.78, 5) is 12.2. The van der Waals surface area contributed by atoms with Gasteiger partial charge in [-0.05, 0) is 25.1 Å². The van der Waals surface area contributed by atoms with Crippen LogP contribution in [0, 0.1) is 0 Å². The first kappa shape index (κ1) is 13.4. The second kappa shape index (κ2) is 6.81. The van der Waals surface area contributed by atoms with Crippen molar-refractivity contribution in [2.45, 2.75) is 11.8 Å². The van der Waals surface area contributed by atoms with Crippen LogP contribution in [-0.4, -0.2) is 17.3 Å². The predicted octanol–water partition coefficient (Wildman–Crippen LogP) is 2.43. The second-order valence-corrected chi connectivity index (χ2v) is 4.58.